The molecule has 1 heterocycles. The first kappa shape index (κ1) is 31.9. The van der Waals surface area contributed by atoms with Crippen LogP contribution in [-0.4, -0.2) is 61.5 Å². The van der Waals surface area contributed by atoms with Crippen LogP contribution in [0.15, 0.2) is 66.2 Å². The molecule has 1 aliphatic heterocycles. The third kappa shape index (κ3) is 11.9. The summed E-state index contributed by atoms with van der Waals surface area (Å²) < 4.78 is 47.0. The second kappa shape index (κ2) is 16.6. The predicted molar refractivity (Wildman–Crippen MR) is 139 cm³/mol. The van der Waals surface area contributed by atoms with Crippen molar-refractivity contribution in [2.24, 2.45) is 5.73 Å². The van der Waals surface area contributed by atoms with Crippen molar-refractivity contribution in [3.05, 3.63) is 66.2 Å². The van der Waals surface area contributed by atoms with Gasteiger partial charge in [0.2, 0.25) is 12.2 Å². The first-order valence-electron chi connectivity index (χ1n) is 12.1. The fraction of sp³-hybridized carbons (Fsp3) is 0.400. The maximum absolute atomic E-state index is 13.3. The van der Waals surface area contributed by atoms with Crippen LogP contribution in [0.25, 0.3) is 0 Å². The fourth-order valence-electron chi connectivity index (χ4n) is 3.21. The molecular weight excluding hydrogens is 536 g/mol. The van der Waals surface area contributed by atoms with E-state index < -0.39 is 43.7 Å². The minimum Gasteiger partial charge on any atom is -0.460 e. The number of halogens is 1. The third-order valence-electron chi connectivity index (χ3n) is 5.27. The zero-order chi connectivity index (χ0) is 28.7. The van der Waals surface area contributed by atoms with Gasteiger partial charge in [-0.15, -0.1) is 0 Å². The lowest BCUT2D eigenvalue weighted by molar-refractivity contribution is -0.144. The van der Waals surface area contributed by atoms with Crippen LogP contribution < -0.4 is 20.7 Å². The number of hydrogen-bond acceptors (Lipinski definition) is 9. The predicted octanol–water partition coefficient (Wildman–Crippen LogP) is 2.17. The number of hydrogen-bond donors (Lipinski definition) is 4. The average molecular weight is 570 g/mol. The van der Waals surface area contributed by atoms with E-state index in [1.165, 1.54) is 6.92 Å². The molecule has 3 rings (SSSR count). The summed E-state index contributed by atoms with van der Waals surface area (Å²) >= 11 is 0. The second-order valence-corrected chi connectivity index (χ2v) is 10.0. The number of nitrogens with one attached hydrogen (secondary N) is 2. The average Bonchev–Trinajstić information content (AvgIpc) is 3.35. The zero-order valence-corrected chi connectivity index (χ0v) is 22.3. The number of para-hydroxylation sites is 1. The Morgan fingerprint density at radius 2 is 2.08 bits per heavy atom. The minimum atomic E-state index is -3.95. The Morgan fingerprint density at radius 1 is 1.33 bits per heavy atom. The van der Waals surface area contributed by atoms with E-state index in [1.54, 1.807) is 30.3 Å². The highest BCUT2D eigenvalue weighted by atomic mass is 31.2. The van der Waals surface area contributed by atoms with E-state index in [9.17, 15) is 28.4 Å². The number of esters is 1. The number of allylic oxidation sites excluding steroid dienone is 3. The first-order valence-corrected chi connectivity index (χ1v) is 13.6. The Bertz CT molecular complexity index is 1100. The van der Waals surface area contributed by atoms with Gasteiger partial charge in [-0.2, -0.15) is 9.48 Å². The monoisotopic (exact) mass is 569 g/mol. The molecule has 1 aromatic rings. The summed E-state index contributed by atoms with van der Waals surface area (Å²) in [5.74, 6) is -2.63. The molecule has 12 nitrogen and oxygen atoms in total. The van der Waals surface area contributed by atoms with E-state index >= 15 is 0 Å². The molecule has 1 aromatic carbocycles. The van der Waals surface area contributed by atoms with Gasteiger partial charge in [-0.1, -0.05) is 36.4 Å². The smallest absolute Gasteiger partial charge is 0.459 e. The topological polar surface area (TPSA) is 176 Å². The Hall–Kier alpha value is -3.35. The van der Waals surface area contributed by atoms with Gasteiger partial charge in [-0.3, -0.25) is 18.9 Å². The van der Waals surface area contributed by atoms with Crippen LogP contribution in [0.1, 0.15) is 26.2 Å². The van der Waals surface area contributed by atoms with Gasteiger partial charge in [-0.05, 0) is 43.9 Å². The largest absolute Gasteiger partial charge is 0.460 e. The Kier molecular flexibility index (Phi) is 13.5. The minimum absolute atomic E-state index is 0.140. The van der Waals surface area contributed by atoms with Gasteiger partial charge in [0.1, 0.15) is 24.5 Å². The van der Waals surface area contributed by atoms with Crippen molar-refractivity contribution < 1.29 is 47.0 Å². The molecule has 4 atom stereocenters. The summed E-state index contributed by atoms with van der Waals surface area (Å²) in [6.45, 7) is 1.98. The number of nitrogens with two attached hydrogens (primary N) is 1. The lowest BCUT2D eigenvalue weighted by Crippen LogP contribution is -2.36. The molecule has 0 bridgehead atoms. The van der Waals surface area contributed by atoms with Crippen molar-refractivity contribution in [2.45, 2.75) is 44.4 Å². The van der Waals surface area contributed by atoms with Crippen LogP contribution in [0.4, 0.5) is 4.39 Å². The number of aliphatic hydroxyl groups is 1. The van der Waals surface area contributed by atoms with Crippen LogP contribution in [0.3, 0.4) is 0 Å². The molecule has 5 N–H and O–H groups in total. The van der Waals surface area contributed by atoms with Crippen molar-refractivity contribution in [2.75, 3.05) is 19.8 Å². The van der Waals surface area contributed by atoms with E-state index in [2.05, 4.69) is 16.9 Å². The van der Waals surface area contributed by atoms with Gasteiger partial charge in [0.15, 0.2) is 0 Å². The summed E-state index contributed by atoms with van der Waals surface area (Å²) in [6, 6.07) is 7.58. The number of ether oxygens (including phenoxy) is 2. The molecule has 14 heteroatoms. The van der Waals surface area contributed by atoms with Crippen molar-refractivity contribution in [1.82, 2.24) is 10.4 Å². The highest BCUT2D eigenvalue weighted by Gasteiger charge is 2.35. The quantitative estimate of drug-likeness (QED) is 0.119. The van der Waals surface area contributed by atoms with Gasteiger partial charge in [0.05, 0.1) is 12.7 Å². The molecule has 0 aromatic heterocycles. The number of carbonyl (C=O) groups excluding carboxylic acids is 3. The Morgan fingerprint density at radius 3 is 2.67 bits per heavy atom. The number of rotatable bonds is 13. The molecule has 0 radical (unpaired) electrons. The van der Waals surface area contributed by atoms with E-state index in [0.29, 0.717) is 25.0 Å². The van der Waals surface area contributed by atoms with Crippen LogP contribution >= 0.6 is 7.75 Å². The van der Waals surface area contributed by atoms with Gasteiger partial charge in [-0.25, -0.2) is 4.57 Å². The zero-order valence-electron chi connectivity index (χ0n) is 21.4. The van der Waals surface area contributed by atoms with Gasteiger partial charge < -0.3 is 30.2 Å². The van der Waals surface area contributed by atoms with Gasteiger partial charge in [0, 0.05) is 12.8 Å². The summed E-state index contributed by atoms with van der Waals surface area (Å²) in [4.78, 5) is 31.7. The standard InChI is InChI=1S/C21H28NO7P.C4H5FN2O2/c1-16(21(24)27-14-17-8-4-2-5-9-17)22-30(25,29-18-10-6-3-7-11-18)28-15-20-19(23)12-13-26-20;5-3(4(6)9)1-7-2-8/h2-4,6-8,10-11,16,19-20,23H,5,9,12-15H2,1H3,(H,22,25);1-2H,(H2,6,9)(H,7,8)/b;3-1+/t16-,19?,20+,30?;/m0./s1. The number of carbonyl (C=O) groups is 3. The van der Waals surface area contributed by atoms with E-state index in [-0.39, 0.29) is 19.6 Å². The van der Waals surface area contributed by atoms with Crippen molar-refractivity contribution in [3.63, 3.8) is 0 Å². The van der Waals surface area contributed by atoms with Crippen LogP contribution in [-0.2, 0) is 32.9 Å². The number of amides is 2. The number of benzene rings is 1. The van der Waals surface area contributed by atoms with Gasteiger partial charge in [0.25, 0.3) is 5.91 Å². The fourth-order valence-corrected chi connectivity index (χ4v) is 4.71. The van der Waals surface area contributed by atoms with Gasteiger partial charge >= 0.3 is 13.7 Å². The number of primary amides is 1. The van der Waals surface area contributed by atoms with Crippen LogP contribution in [0.2, 0.25) is 0 Å². The lowest BCUT2D eigenvalue weighted by Gasteiger charge is -2.24. The molecule has 1 saturated heterocycles. The summed E-state index contributed by atoms with van der Waals surface area (Å²) in [6.07, 6.45) is 7.65. The first-order chi connectivity index (χ1) is 18.6. The molecular formula is C25H33FN3O9P. The molecule has 0 saturated carbocycles. The summed E-state index contributed by atoms with van der Waals surface area (Å²) in [7, 11) is -3.95. The van der Waals surface area contributed by atoms with Crippen molar-refractivity contribution in [3.8, 4) is 5.75 Å². The van der Waals surface area contributed by atoms with E-state index in [0.717, 1.165) is 18.4 Å². The second-order valence-electron chi connectivity index (χ2n) is 8.35. The maximum atomic E-state index is 13.3. The van der Waals surface area contributed by atoms with E-state index in [1.807, 2.05) is 17.5 Å². The molecule has 2 unspecified atom stereocenters. The highest BCUT2D eigenvalue weighted by Crippen LogP contribution is 2.45. The van der Waals surface area contributed by atoms with Crippen LogP contribution in [0, 0.1) is 0 Å². The molecule has 0 spiro atoms. The SMILES string of the molecule is C[C@H](NP(=O)(OC[C@H]1OCCC1O)Oc1ccccc1)C(=O)OCC1=CC=CCC1.NC(=O)/C(F)=C\NC=O. The molecule has 39 heavy (non-hydrogen) atoms. The lowest BCUT2D eigenvalue weighted by atomic mass is 10.1. The van der Waals surface area contributed by atoms with Crippen molar-refractivity contribution in [1.29, 1.82) is 0 Å². The normalized spacial score (nSPS) is 20.9. The molecule has 1 fully saturated rings. The molecule has 214 valence electrons. The molecule has 2 aliphatic rings. The van der Waals surface area contributed by atoms with Crippen molar-refractivity contribution >= 4 is 26.0 Å². The Labute approximate surface area is 225 Å². The number of aliphatic hydroxyl groups excluding tert-OH is 1. The summed E-state index contributed by atoms with van der Waals surface area (Å²) in [5, 5.41) is 14.3. The van der Waals surface area contributed by atoms with E-state index in [4.69, 9.17) is 18.5 Å². The van der Waals surface area contributed by atoms with Crippen LogP contribution in [0.5, 0.6) is 5.75 Å². The molecule has 1 aliphatic carbocycles. The highest BCUT2D eigenvalue weighted by molar-refractivity contribution is 7.52. The molecule has 2 amide bonds. The third-order valence-corrected chi connectivity index (χ3v) is 6.91. The Balaban J connectivity index is 0.000000510. The maximum Gasteiger partial charge on any atom is 0.459 e. The summed E-state index contributed by atoms with van der Waals surface area (Å²) in [5.41, 5.74) is 5.46.